The van der Waals surface area contributed by atoms with Gasteiger partial charge in [-0.3, -0.25) is 15.1 Å². The molecule has 3 N–H and O–H groups in total. The minimum absolute atomic E-state index is 0.300. The van der Waals surface area contributed by atoms with Crippen LogP contribution in [0, 0.1) is 18.3 Å². The monoisotopic (exact) mass is 279 g/mol. The summed E-state index contributed by atoms with van der Waals surface area (Å²) in [5.41, 5.74) is 3.01. The Balaban J connectivity index is 2.00. The Bertz CT molecular complexity index is 488. The highest BCUT2D eigenvalue weighted by atomic mass is 16.3. The van der Waals surface area contributed by atoms with Crippen LogP contribution in [0.15, 0.2) is 10.5 Å². The van der Waals surface area contributed by atoms with Crippen molar-refractivity contribution in [1.82, 2.24) is 10.3 Å². The van der Waals surface area contributed by atoms with Crippen LogP contribution in [0.25, 0.3) is 0 Å². The van der Waals surface area contributed by atoms with Gasteiger partial charge in [0.1, 0.15) is 11.5 Å². The van der Waals surface area contributed by atoms with E-state index in [-0.39, 0.29) is 5.91 Å². The van der Waals surface area contributed by atoms with E-state index in [0.29, 0.717) is 22.7 Å². The molecule has 0 aromatic carbocycles. The van der Waals surface area contributed by atoms with E-state index >= 15 is 0 Å². The second kappa shape index (κ2) is 5.58. The molecule has 1 saturated heterocycles. The minimum atomic E-state index is -0.300. The summed E-state index contributed by atoms with van der Waals surface area (Å²) >= 11 is 0. The van der Waals surface area contributed by atoms with Crippen molar-refractivity contribution in [2.45, 2.75) is 40.7 Å². The van der Waals surface area contributed by atoms with Gasteiger partial charge < -0.3 is 4.42 Å². The van der Waals surface area contributed by atoms with E-state index in [0.717, 1.165) is 25.4 Å². The lowest BCUT2D eigenvalue weighted by Crippen LogP contribution is -2.30. The van der Waals surface area contributed by atoms with Gasteiger partial charge in [0, 0.05) is 6.54 Å². The lowest BCUT2D eigenvalue weighted by Gasteiger charge is -2.26. The first-order valence-corrected chi connectivity index (χ1v) is 7.14. The number of nitrogen functional groups attached to an aromatic ring is 1. The zero-order valence-electron chi connectivity index (χ0n) is 12.8. The van der Waals surface area contributed by atoms with Crippen LogP contribution in [0.1, 0.15) is 49.1 Å². The average molecular weight is 279 g/mol. The largest absolute Gasteiger partial charge is 0.464 e. The maximum atomic E-state index is 11.6. The number of amides is 1. The second-order valence-electron chi connectivity index (χ2n) is 6.74. The van der Waals surface area contributed by atoms with Gasteiger partial charge in [-0.2, -0.15) is 0 Å². The van der Waals surface area contributed by atoms with Gasteiger partial charge in [0.2, 0.25) is 0 Å². The third-order valence-corrected chi connectivity index (χ3v) is 4.22. The van der Waals surface area contributed by atoms with Gasteiger partial charge in [0.05, 0.1) is 12.1 Å². The number of nitrogens with two attached hydrogens (primary N) is 1. The molecule has 0 aliphatic carbocycles. The van der Waals surface area contributed by atoms with Crippen molar-refractivity contribution < 1.29 is 9.21 Å². The Morgan fingerprint density at radius 2 is 2.25 bits per heavy atom. The third kappa shape index (κ3) is 3.22. The molecule has 5 nitrogen and oxygen atoms in total. The molecule has 0 spiro atoms. The lowest BCUT2D eigenvalue weighted by molar-refractivity contribution is 0.0952. The number of carbonyl (C=O) groups excluding carboxylic acids is 1. The molecule has 1 unspecified atom stereocenters. The SMILES string of the molecule is Cc1oc(CN2CCC(C(C)(C)C)C2)cc1C(=O)NN. The molecular weight excluding hydrogens is 254 g/mol. The fraction of sp³-hybridized carbons (Fsp3) is 0.667. The van der Waals surface area contributed by atoms with Gasteiger partial charge in [-0.1, -0.05) is 20.8 Å². The van der Waals surface area contributed by atoms with Crippen LogP contribution in [0.4, 0.5) is 0 Å². The molecule has 2 heterocycles. The van der Waals surface area contributed by atoms with Gasteiger partial charge >= 0.3 is 0 Å². The number of carbonyl (C=O) groups is 1. The fourth-order valence-corrected chi connectivity index (χ4v) is 2.83. The van der Waals surface area contributed by atoms with E-state index in [1.165, 1.54) is 6.42 Å². The first-order chi connectivity index (χ1) is 9.31. The van der Waals surface area contributed by atoms with Gasteiger partial charge in [0.15, 0.2) is 0 Å². The number of hydrogen-bond acceptors (Lipinski definition) is 4. The smallest absolute Gasteiger partial charge is 0.268 e. The van der Waals surface area contributed by atoms with Crippen molar-refractivity contribution >= 4 is 5.91 Å². The summed E-state index contributed by atoms with van der Waals surface area (Å²) in [6.45, 7) is 11.6. The van der Waals surface area contributed by atoms with Crippen molar-refractivity contribution in [3.8, 4) is 0 Å². The first kappa shape index (κ1) is 15.1. The number of aryl methyl sites for hydroxylation is 1. The molecule has 1 aliphatic rings. The van der Waals surface area contributed by atoms with E-state index in [2.05, 4.69) is 31.1 Å². The molecule has 0 bridgehead atoms. The minimum Gasteiger partial charge on any atom is -0.464 e. The number of hydrazine groups is 1. The second-order valence-corrected chi connectivity index (χ2v) is 6.74. The highest BCUT2D eigenvalue weighted by Crippen LogP contribution is 2.34. The molecule has 0 saturated carbocycles. The predicted octanol–water partition coefficient (Wildman–Crippen LogP) is 2.06. The van der Waals surface area contributed by atoms with Crippen LogP contribution in [0.5, 0.6) is 0 Å². The van der Waals surface area contributed by atoms with E-state index in [9.17, 15) is 4.79 Å². The van der Waals surface area contributed by atoms with Crippen molar-refractivity contribution in [2.24, 2.45) is 17.2 Å². The van der Waals surface area contributed by atoms with Crippen LogP contribution in [-0.4, -0.2) is 23.9 Å². The summed E-state index contributed by atoms with van der Waals surface area (Å²) in [5.74, 6) is 7.02. The Morgan fingerprint density at radius 1 is 1.55 bits per heavy atom. The highest BCUT2D eigenvalue weighted by molar-refractivity contribution is 5.94. The number of furan rings is 1. The molecule has 2 rings (SSSR count). The summed E-state index contributed by atoms with van der Waals surface area (Å²) in [4.78, 5) is 13.9. The van der Waals surface area contributed by atoms with Crippen molar-refractivity contribution in [3.63, 3.8) is 0 Å². The van der Waals surface area contributed by atoms with Gasteiger partial charge in [-0.25, -0.2) is 5.84 Å². The Kier molecular flexibility index (Phi) is 4.20. The van der Waals surface area contributed by atoms with Crippen LogP contribution >= 0.6 is 0 Å². The molecule has 1 amide bonds. The number of likely N-dealkylation sites (tertiary alicyclic amines) is 1. The molecule has 1 aromatic heterocycles. The van der Waals surface area contributed by atoms with Crippen LogP contribution in [0.3, 0.4) is 0 Å². The Hall–Kier alpha value is -1.33. The fourth-order valence-electron chi connectivity index (χ4n) is 2.83. The third-order valence-electron chi connectivity index (χ3n) is 4.22. The van der Waals surface area contributed by atoms with Crippen molar-refractivity contribution in [3.05, 3.63) is 23.2 Å². The molecule has 1 aliphatic heterocycles. The molecule has 112 valence electrons. The quantitative estimate of drug-likeness (QED) is 0.505. The Morgan fingerprint density at radius 3 is 2.80 bits per heavy atom. The number of rotatable bonds is 3. The standard InChI is InChI=1S/C15H25N3O2/c1-10-13(14(19)17-16)7-12(20-10)9-18-6-5-11(8-18)15(2,3)4/h7,11H,5-6,8-9,16H2,1-4H3,(H,17,19). The first-order valence-electron chi connectivity index (χ1n) is 7.14. The number of hydrogen-bond donors (Lipinski definition) is 2. The summed E-state index contributed by atoms with van der Waals surface area (Å²) in [5, 5.41) is 0. The van der Waals surface area contributed by atoms with Crippen LogP contribution in [-0.2, 0) is 6.54 Å². The molecule has 1 aromatic rings. The van der Waals surface area contributed by atoms with Crippen LogP contribution in [0.2, 0.25) is 0 Å². The Labute approximate surface area is 120 Å². The van der Waals surface area contributed by atoms with Gasteiger partial charge in [0.25, 0.3) is 5.91 Å². The summed E-state index contributed by atoms with van der Waals surface area (Å²) < 4.78 is 5.66. The van der Waals surface area contributed by atoms with Crippen LogP contribution < -0.4 is 11.3 Å². The predicted molar refractivity (Wildman–Crippen MR) is 77.9 cm³/mol. The molecule has 1 atom stereocenters. The van der Waals surface area contributed by atoms with E-state index in [1.54, 1.807) is 13.0 Å². The molecule has 0 radical (unpaired) electrons. The van der Waals surface area contributed by atoms with Gasteiger partial charge in [-0.15, -0.1) is 0 Å². The zero-order valence-corrected chi connectivity index (χ0v) is 12.8. The maximum Gasteiger partial charge on any atom is 0.268 e. The van der Waals surface area contributed by atoms with Gasteiger partial charge in [-0.05, 0) is 37.3 Å². The summed E-state index contributed by atoms with van der Waals surface area (Å²) in [6, 6.07) is 1.79. The highest BCUT2D eigenvalue weighted by Gasteiger charge is 2.32. The molecule has 1 fully saturated rings. The molecule has 5 heteroatoms. The van der Waals surface area contributed by atoms with E-state index in [4.69, 9.17) is 10.3 Å². The zero-order chi connectivity index (χ0) is 14.9. The molecular formula is C15H25N3O2. The number of nitrogens with one attached hydrogen (secondary N) is 1. The van der Waals surface area contributed by atoms with E-state index < -0.39 is 0 Å². The van der Waals surface area contributed by atoms with E-state index in [1.807, 2.05) is 0 Å². The summed E-state index contributed by atoms with van der Waals surface area (Å²) in [7, 11) is 0. The van der Waals surface area contributed by atoms with Crippen molar-refractivity contribution in [1.29, 1.82) is 0 Å². The topological polar surface area (TPSA) is 71.5 Å². The van der Waals surface area contributed by atoms with Crippen molar-refractivity contribution in [2.75, 3.05) is 13.1 Å². The summed E-state index contributed by atoms with van der Waals surface area (Å²) in [6.07, 6.45) is 1.22. The lowest BCUT2D eigenvalue weighted by atomic mass is 9.80. The molecule has 20 heavy (non-hydrogen) atoms. The maximum absolute atomic E-state index is 11.6. The number of nitrogens with zero attached hydrogens (tertiary/aromatic N) is 1. The normalized spacial score (nSPS) is 20.4. The average Bonchev–Trinajstić information content (AvgIpc) is 2.95.